The normalized spacial score (nSPS) is 9.85. The van der Waals surface area contributed by atoms with Gasteiger partial charge in [-0.3, -0.25) is 14.9 Å². The Hall–Kier alpha value is -2.32. The van der Waals surface area contributed by atoms with Gasteiger partial charge in [-0.15, -0.1) is 4.73 Å². The Bertz CT molecular complexity index is 382. The highest BCUT2D eigenvalue weighted by Crippen LogP contribution is 2.05. The number of aromatic nitrogens is 2. The van der Waals surface area contributed by atoms with E-state index < -0.39 is 22.5 Å². The topological polar surface area (TPSA) is 138 Å². The van der Waals surface area contributed by atoms with E-state index in [1.54, 1.807) is 0 Å². The maximum absolute atomic E-state index is 10.9. The lowest BCUT2D eigenvalue weighted by molar-refractivity contribution is -0.665. The van der Waals surface area contributed by atoms with Crippen LogP contribution >= 0.6 is 0 Å². The van der Waals surface area contributed by atoms with Gasteiger partial charge in [0, 0.05) is 0 Å². The van der Waals surface area contributed by atoms with Crippen LogP contribution in [0.3, 0.4) is 0 Å². The van der Waals surface area contributed by atoms with Gasteiger partial charge in [0.15, 0.2) is 0 Å². The number of carbonyl (C=O) groups excluding carboxylic acids is 1. The SMILES string of the molecule is NC(=O)c1n(O)cc([N+](=O)[O-])[n+]1[O-]. The summed E-state index contributed by atoms with van der Waals surface area (Å²) in [6.07, 6.45) is 0.479. The van der Waals surface area contributed by atoms with Gasteiger partial charge in [-0.2, -0.15) is 0 Å². The predicted molar refractivity (Wildman–Crippen MR) is 35.7 cm³/mol. The number of hydrogen-bond donors (Lipinski definition) is 2. The summed E-state index contributed by atoms with van der Waals surface area (Å²) in [6.45, 7) is 0. The van der Waals surface area contributed by atoms with Crippen molar-refractivity contribution in [3.63, 3.8) is 0 Å². The van der Waals surface area contributed by atoms with Crippen molar-refractivity contribution < 1.29 is 19.7 Å². The van der Waals surface area contributed by atoms with Gasteiger partial charge >= 0.3 is 17.5 Å². The van der Waals surface area contributed by atoms with Crippen molar-refractivity contribution >= 4 is 11.7 Å². The van der Waals surface area contributed by atoms with E-state index >= 15 is 0 Å². The number of primary amides is 1. The maximum atomic E-state index is 10.9. The van der Waals surface area contributed by atoms with E-state index in [1.165, 1.54) is 0 Å². The molecule has 0 bridgehead atoms. The average molecular weight is 188 g/mol. The summed E-state index contributed by atoms with van der Waals surface area (Å²) in [4.78, 5) is 19.5. The molecule has 1 amide bonds. The molecule has 0 fully saturated rings. The molecule has 0 unspecified atom stereocenters. The summed E-state index contributed by atoms with van der Waals surface area (Å²) >= 11 is 0. The first-order valence-corrected chi connectivity index (χ1v) is 2.93. The second-order valence-electron chi connectivity index (χ2n) is 2.07. The number of hydrogen-bond acceptors (Lipinski definition) is 5. The molecule has 0 aliphatic carbocycles. The second-order valence-corrected chi connectivity index (χ2v) is 2.07. The molecular formula is C4H4N4O5. The van der Waals surface area contributed by atoms with Gasteiger partial charge in [0.05, 0.1) is 0 Å². The van der Waals surface area contributed by atoms with Crippen molar-refractivity contribution in [3.8, 4) is 0 Å². The van der Waals surface area contributed by atoms with Crippen LogP contribution < -0.4 is 10.5 Å². The molecule has 0 saturated carbocycles. The Morgan fingerprint density at radius 2 is 2.31 bits per heavy atom. The summed E-state index contributed by atoms with van der Waals surface area (Å²) < 4.78 is -0.351. The lowest BCUT2D eigenvalue weighted by Gasteiger charge is -1.93. The molecule has 0 atom stereocenters. The monoisotopic (exact) mass is 188 g/mol. The molecule has 0 aliphatic rings. The molecule has 1 rings (SSSR count). The fourth-order valence-electron chi connectivity index (χ4n) is 0.759. The first-order chi connectivity index (χ1) is 5.95. The first kappa shape index (κ1) is 8.77. The molecule has 9 heteroatoms. The van der Waals surface area contributed by atoms with Gasteiger partial charge in [-0.05, 0) is 0 Å². The molecule has 1 heterocycles. The third-order valence-corrected chi connectivity index (χ3v) is 1.26. The van der Waals surface area contributed by atoms with E-state index in [4.69, 9.17) is 5.21 Å². The lowest BCUT2D eigenvalue weighted by Crippen LogP contribution is -2.38. The van der Waals surface area contributed by atoms with Crippen LogP contribution in [-0.4, -0.2) is 20.8 Å². The number of amides is 1. The molecule has 0 aliphatic heterocycles. The molecule has 13 heavy (non-hydrogen) atoms. The van der Waals surface area contributed by atoms with Crippen molar-refractivity contribution in [3.05, 3.63) is 27.3 Å². The van der Waals surface area contributed by atoms with Gasteiger partial charge < -0.3 is 16.1 Å². The maximum Gasteiger partial charge on any atom is 0.535 e. The number of carbonyl (C=O) groups is 1. The first-order valence-electron chi connectivity index (χ1n) is 2.93. The van der Waals surface area contributed by atoms with Crippen LogP contribution in [0.25, 0.3) is 0 Å². The third-order valence-electron chi connectivity index (χ3n) is 1.26. The molecule has 1 aromatic heterocycles. The van der Waals surface area contributed by atoms with E-state index in [0.29, 0.717) is 6.20 Å². The Labute approximate surface area is 70.3 Å². The summed E-state index contributed by atoms with van der Waals surface area (Å²) in [5.41, 5.74) is 4.67. The van der Waals surface area contributed by atoms with E-state index in [0.717, 1.165) is 0 Å². The Morgan fingerprint density at radius 1 is 1.77 bits per heavy atom. The van der Waals surface area contributed by atoms with Crippen molar-refractivity contribution in [2.45, 2.75) is 0 Å². The number of rotatable bonds is 2. The summed E-state index contributed by atoms with van der Waals surface area (Å²) in [7, 11) is 0. The van der Waals surface area contributed by atoms with Gasteiger partial charge in [0.2, 0.25) is 6.20 Å². The average Bonchev–Trinajstić information content (AvgIpc) is 2.26. The van der Waals surface area contributed by atoms with Crippen LogP contribution in [0.4, 0.5) is 5.82 Å². The van der Waals surface area contributed by atoms with Gasteiger partial charge in [-0.25, -0.2) is 0 Å². The van der Waals surface area contributed by atoms with E-state index in [-0.39, 0.29) is 9.46 Å². The van der Waals surface area contributed by atoms with Crippen LogP contribution in [0.5, 0.6) is 0 Å². The molecule has 1 aromatic rings. The molecule has 0 radical (unpaired) electrons. The highest BCUT2D eigenvalue weighted by Gasteiger charge is 2.32. The molecule has 0 aromatic carbocycles. The van der Waals surface area contributed by atoms with E-state index in [1.807, 2.05) is 0 Å². The van der Waals surface area contributed by atoms with Gasteiger partial charge in [0.25, 0.3) is 0 Å². The van der Waals surface area contributed by atoms with Crippen LogP contribution in [0.2, 0.25) is 0 Å². The van der Waals surface area contributed by atoms with Crippen LogP contribution in [0.1, 0.15) is 10.6 Å². The number of nitrogens with zero attached hydrogens (tertiary/aromatic N) is 3. The zero-order valence-corrected chi connectivity index (χ0v) is 6.08. The zero-order valence-electron chi connectivity index (χ0n) is 6.08. The van der Waals surface area contributed by atoms with E-state index in [9.17, 15) is 20.1 Å². The smallest absolute Gasteiger partial charge is 0.535 e. The van der Waals surface area contributed by atoms with Crippen molar-refractivity contribution in [2.24, 2.45) is 5.73 Å². The predicted octanol–water partition coefficient (Wildman–Crippen LogP) is -1.63. The summed E-state index contributed by atoms with van der Waals surface area (Å²) in [5, 5.41) is 29.8. The van der Waals surface area contributed by atoms with Crippen LogP contribution in [0, 0.1) is 15.3 Å². The largest absolute Gasteiger partial charge is 0.612 e. The molecule has 0 saturated heterocycles. The zero-order chi connectivity index (χ0) is 10.2. The van der Waals surface area contributed by atoms with Gasteiger partial charge in [0.1, 0.15) is 4.92 Å². The second kappa shape index (κ2) is 2.62. The molecular weight excluding hydrogens is 184 g/mol. The van der Waals surface area contributed by atoms with Crippen molar-refractivity contribution in [2.75, 3.05) is 0 Å². The molecule has 9 nitrogen and oxygen atoms in total. The Balaban J connectivity index is 3.39. The van der Waals surface area contributed by atoms with Crippen LogP contribution in [-0.2, 0) is 0 Å². The lowest BCUT2D eigenvalue weighted by atomic mass is 10.6. The van der Waals surface area contributed by atoms with Crippen molar-refractivity contribution in [1.29, 1.82) is 0 Å². The third kappa shape index (κ3) is 1.21. The molecule has 70 valence electrons. The van der Waals surface area contributed by atoms with Crippen molar-refractivity contribution in [1.82, 2.24) is 4.73 Å². The fraction of sp³-hybridized carbons (Fsp3) is 0. The molecule has 3 N–H and O–H groups in total. The van der Waals surface area contributed by atoms with E-state index in [2.05, 4.69) is 5.73 Å². The summed E-state index contributed by atoms with van der Waals surface area (Å²) in [6, 6.07) is 0. The standard InChI is InChI=1S/C4H4N4O5/c5-3(9)4-6(10)1-2(7(4)11)8(12)13/h1,10H,(H2,5,9). The number of imidazole rings is 1. The Kier molecular flexibility index (Phi) is 1.77. The number of nitro groups is 1. The minimum atomic E-state index is -1.26. The van der Waals surface area contributed by atoms with Crippen LogP contribution in [0.15, 0.2) is 6.20 Å². The Morgan fingerprint density at radius 3 is 2.54 bits per heavy atom. The van der Waals surface area contributed by atoms with Gasteiger partial charge in [-0.1, -0.05) is 4.73 Å². The highest BCUT2D eigenvalue weighted by atomic mass is 16.6. The highest BCUT2D eigenvalue weighted by molar-refractivity contribution is 5.87. The fourth-order valence-corrected chi connectivity index (χ4v) is 0.759. The molecule has 0 spiro atoms. The minimum absolute atomic E-state index is 0.00741. The quantitative estimate of drug-likeness (QED) is 0.188. The summed E-state index contributed by atoms with van der Waals surface area (Å²) in [5.74, 6) is -3.14. The minimum Gasteiger partial charge on any atom is -0.612 e. The number of nitrogens with two attached hydrogens (primary N) is 1.